The summed E-state index contributed by atoms with van der Waals surface area (Å²) in [7, 11) is 0. The number of carbonyl (C=O) groups excluding carboxylic acids is 1. The molecule has 0 aliphatic heterocycles. The summed E-state index contributed by atoms with van der Waals surface area (Å²) in [6.07, 6.45) is 5.05. The predicted molar refractivity (Wildman–Crippen MR) is 54.3 cm³/mol. The maximum atomic E-state index is 11.1. The summed E-state index contributed by atoms with van der Waals surface area (Å²) in [6.45, 7) is 11.0. The van der Waals surface area contributed by atoms with Crippen molar-refractivity contribution in [2.24, 2.45) is 5.92 Å². The van der Waals surface area contributed by atoms with Crippen molar-refractivity contribution in [2.75, 3.05) is 6.61 Å². The monoisotopic (exact) mass is 180 g/mol. The van der Waals surface area contributed by atoms with E-state index in [1.807, 2.05) is 0 Å². The molecule has 0 saturated carbocycles. The predicted octanol–water partition coefficient (Wildman–Crippen LogP) is 2.48. The Balaban J connectivity index is 3.99. The first-order valence-corrected chi connectivity index (χ1v) is 4.22. The number of hydrogen-bond acceptors (Lipinski definition) is 2. The number of allylic oxidation sites excluding steroid dienone is 2. The molecule has 0 aromatic heterocycles. The SMILES string of the molecule is C=C/C=C(\C=C)COC(=O)C(C)C. The molecule has 0 aromatic carbocycles. The van der Waals surface area contributed by atoms with E-state index < -0.39 is 0 Å². The van der Waals surface area contributed by atoms with Gasteiger partial charge in [-0.05, 0) is 5.57 Å². The molecule has 0 rings (SSSR count). The second-order valence-corrected chi connectivity index (χ2v) is 2.94. The molecule has 0 saturated heterocycles. The normalized spacial score (nSPS) is 11.2. The van der Waals surface area contributed by atoms with Crippen molar-refractivity contribution in [3.63, 3.8) is 0 Å². The third kappa shape index (κ3) is 5.01. The van der Waals surface area contributed by atoms with Crippen LogP contribution in [0.4, 0.5) is 0 Å². The Bertz CT molecular complexity index is 224. The number of esters is 1. The number of ether oxygens (including phenoxy) is 1. The first-order chi connectivity index (χ1) is 6.11. The van der Waals surface area contributed by atoms with E-state index in [4.69, 9.17) is 4.74 Å². The molecule has 2 nitrogen and oxygen atoms in total. The highest BCUT2D eigenvalue weighted by molar-refractivity contribution is 5.71. The van der Waals surface area contributed by atoms with E-state index in [-0.39, 0.29) is 18.5 Å². The standard InChI is InChI=1S/C11H16O2/c1-5-7-10(6-2)8-13-11(12)9(3)4/h5-7,9H,1-2,8H2,3-4H3/b10-7+. The fraction of sp³-hybridized carbons (Fsp3) is 0.364. The van der Waals surface area contributed by atoms with Crippen LogP contribution in [-0.4, -0.2) is 12.6 Å². The molecule has 0 aliphatic carbocycles. The second-order valence-electron chi connectivity index (χ2n) is 2.94. The second kappa shape index (κ2) is 6.23. The van der Waals surface area contributed by atoms with Crippen LogP contribution in [0.1, 0.15) is 13.8 Å². The van der Waals surface area contributed by atoms with Crippen LogP contribution in [0.25, 0.3) is 0 Å². The summed E-state index contributed by atoms with van der Waals surface area (Å²) in [4.78, 5) is 11.1. The van der Waals surface area contributed by atoms with Gasteiger partial charge in [0.15, 0.2) is 0 Å². The highest BCUT2D eigenvalue weighted by Crippen LogP contribution is 2.01. The zero-order chi connectivity index (χ0) is 10.3. The summed E-state index contributed by atoms with van der Waals surface area (Å²) in [5.74, 6) is -0.286. The molecule has 0 fully saturated rings. The maximum absolute atomic E-state index is 11.1. The van der Waals surface area contributed by atoms with E-state index in [1.54, 1.807) is 32.1 Å². The number of rotatable bonds is 5. The Morgan fingerprint density at radius 1 is 1.46 bits per heavy atom. The average Bonchev–Trinajstić information content (AvgIpc) is 2.11. The molecular weight excluding hydrogens is 164 g/mol. The van der Waals surface area contributed by atoms with E-state index in [2.05, 4.69) is 13.2 Å². The molecule has 72 valence electrons. The highest BCUT2D eigenvalue weighted by Gasteiger charge is 2.07. The van der Waals surface area contributed by atoms with Gasteiger partial charge in [0.25, 0.3) is 0 Å². The van der Waals surface area contributed by atoms with Gasteiger partial charge in [0.1, 0.15) is 6.61 Å². The van der Waals surface area contributed by atoms with Gasteiger partial charge in [-0.25, -0.2) is 0 Å². The molecule has 0 spiro atoms. The molecule has 0 aromatic rings. The average molecular weight is 180 g/mol. The van der Waals surface area contributed by atoms with Gasteiger partial charge in [0, 0.05) is 0 Å². The molecule has 13 heavy (non-hydrogen) atoms. The summed E-state index contributed by atoms with van der Waals surface area (Å²) in [6, 6.07) is 0. The van der Waals surface area contributed by atoms with Crippen LogP contribution in [0.5, 0.6) is 0 Å². The van der Waals surface area contributed by atoms with Gasteiger partial charge >= 0.3 is 5.97 Å². The topological polar surface area (TPSA) is 26.3 Å². The lowest BCUT2D eigenvalue weighted by molar-refractivity contribution is -0.146. The molecule has 0 radical (unpaired) electrons. The number of hydrogen-bond donors (Lipinski definition) is 0. The first-order valence-electron chi connectivity index (χ1n) is 4.22. The summed E-state index contributed by atoms with van der Waals surface area (Å²) in [5.41, 5.74) is 0.851. The maximum Gasteiger partial charge on any atom is 0.308 e. The Hall–Kier alpha value is -1.31. The van der Waals surface area contributed by atoms with Gasteiger partial charge in [-0.15, -0.1) is 0 Å². The molecule has 0 N–H and O–H groups in total. The van der Waals surface area contributed by atoms with Gasteiger partial charge in [0.2, 0.25) is 0 Å². The third-order valence-corrected chi connectivity index (χ3v) is 1.45. The fourth-order valence-corrected chi connectivity index (χ4v) is 0.648. The van der Waals surface area contributed by atoms with Crippen LogP contribution in [0.15, 0.2) is 37.0 Å². The zero-order valence-corrected chi connectivity index (χ0v) is 8.25. The van der Waals surface area contributed by atoms with Crippen molar-refractivity contribution < 1.29 is 9.53 Å². The zero-order valence-electron chi connectivity index (χ0n) is 8.25. The molecular formula is C11H16O2. The van der Waals surface area contributed by atoms with E-state index in [0.717, 1.165) is 5.57 Å². The Morgan fingerprint density at radius 2 is 2.08 bits per heavy atom. The van der Waals surface area contributed by atoms with E-state index in [0.29, 0.717) is 0 Å². The molecule has 2 heteroatoms. The van der Waals surface area contributed by atoms with Crippen molar-refractivity contribution in [3.8, 4) is 0 Å². The minimum Gasteiger partial charge on any atom is -0.461 e. The van der Waals surface area contributed by atoms with Crippen LogP contribution >= 0.6 is 0 Å². The van der Waals surface area contributed by atoms with Crippen LogP contribution < -0.4 is 0 Å². The van der Waals surface area contributed by atoms with Crippen LogP contribution in [-0.2, 0) is 9.53 Å². The smallest absolute Gasteiger partial charge is 0.308 e. The van der Waals surface area contributed by atoms with Crippen molar-refractivity contribution in [3.05, 3.63) is 37.0 Å². The lowest BCUT2D eigenvalue weighted by Crippen LogP contribution is -2.12. The summed E-state index contributed by atoms with van der Waals surface area (Å²) >= 11 is 0. The van der Waals surface area contributed by atoms with Gasteiger partial charge in [-0.3, -0.25) is 4.79 Å². The Kier molecular flexibility index (Phi) is 5.60. The highest BCUT2D eigenvalue weighted by atomic mass is 16.5. The lowest BCUT2D eigenvalue weighted by Gasteiger charge is -2.06. The molecule has 0 atom stereocenters. The van der Waals surface area contributed by atoms with E-state index in [1.165, 1.54) is 0 Å². The Morgan fingerprint density at radius 3 is 2.46 bits per heavy atom. The number of carbonyl (C=O) groups is 1. The molecule has 0 unspecified atom stereocenters. The van der Waals surface area contributed by atoms with Crippen LogP contribution in [0.2, 0.25) is 0 Å². The van der Waals surface area contributed by atoms with E-state index >= 15 is 0 Å². The quantitative estimate of drug-likeness (QED) is 0.480. The molecule has 0 amide bonds. The molecule has 0 aliphatic rings. The van der Waals surface area contributed by atoms with Gasteiger partial charge in [-0.1, -0.05) is 45.2 Å². The summed E-state index contributed by atoms with van der Waals surface area (Å²) in [5, 5.41) is 0. The minimum atomic E-state index is -0.197. The third-order valence-electron chi connectivity index (χ3n) is 1.45. The first kappa shape index (κ1) is 11.7. The van der Waals surface area contributed by atoms with Gasteiger partial charge in [-0.2, -0.15) is 0 Å². The van der Waals surface area contributed by atoms with Crippen molar-refractivity contribution in [1.82, 2.24) is 0 Å². The van der Waals surface area contributed by atoms with Gasteiger partial charge < -0.3 is 4.74 Å². The van der Waals surface area contributed by atoms with Crippen LogP contribution in [0.3, 0.4) is 0 Å². The Labute approximate surface area is 79.6 Å². The van der Waals surface area contributed by atoms with E-state index in [9.17, 15) is 4.79 Å². The van der Waals surface area contributed by atoms with Crippen molar-refractivity contribution in [1.29, 1.82) is 0 Å². The summed E-state index contributed by atoms with van der Waals surface area (Å²) < 4.78 is 4.98. The minimum absolute atomic E-state index is 0.0882. The van der Waals surface area contributed by atoms with Crippen molar-refractivity contribution in [2.45, 2.75) is 13.8 Å². The van der Waals surface area contributed by atoms with Crippen LogP contribution in [0, 0.1) is 5.92 Å². The van der Waals surface area contributed by atoms with Crippen molar-refractivity contribution >= 4 is 5.97 Å². The largest absolute Gasteiger partial charge is 0.461 e. The lowest BCUT2D eigenvalue weighted by atomic mass is 10.2. The molecule has 0 bridgehead atoms. The molecule has 0 heterocycles. The van der Waals surface area contributed by atoms with Gasteiger partial charge in [0.05, 0.1) is 5.92 Å². The fourth-order valence-electron chi connectivity index (χ4n) is 0.648.